The van der Waals surface area contributed by atoms with Crippen molar-refractivity contribution >= 4 is 17.5 Å². The second-order valence-electron chi connectivity index (χ2n) is 4.91. The Labute approximate surface area is 124 Å². The molecule has 21 heavy (non-hydrogen) atoms. The molecule has 2 rings (SSSR count). The Morgan fingerprint density at radius 3 is 2.00 bits per heavy atom. The molecule has 0 heterocycles. The molecule has 0 saturated heterocycles. The first-order valence-corrected chi connectivity index (χ1v) is 6.72. The third kappa shape index (κ3) is 3.48. The fourth-order valence-electron chi connectivity index (χ4n) is 1.94. The van der Waals surface area contributed by atoms with Crippen LogP contribution >= 0.6 is 0 Å². The van der Waals surface area contributed by atoms with Crippen molar-refractivity contribution in [2.24, 2.45) is 0 Å². The summed E-state index contributed by atoms with van der Waals surface area (Å²) in [6.45, 7) is 3.98. The number of rotatable bonds is 3. The van der Waals surface area contributed by atoms with E-state index >= 15 is 0 Å². The maximum Gasteiger partial charge on any atom is 0.255 e. The van der Waals surface area contributed by atoms with Crippen molar-refractivity contribution in [3.8, 4) is 0 Å². The first-order valence-electron chi connectivity index (χ1n) is 6.72. The molecule has 0 aliphatic rings. The van der Waals surface area contributed by atoms with Gasteiger partial charge in [0.1, 0.15) is 0 Å². The molecule has 0 radical (unpaired) electrons. The smallest absolute Gasteiger partial charge is 0.255 e. The molecule has 0 aliphatic carbocycles. The molecule has 4 heteroatoms. The first kappa shape index (κ1) is 14.8. The van der Waals surface area contributed by atoms with E-state index in [1.54, 1.807) is 37.4 Å². The van der Waals surface area contributed by atoms with E-state index in [1.807, 2.05) is 26.0 Å². The van der Waals surface area contributed by atoms with Gasteiger partial charge in [0.2, 0.25) is 0 Å². The number of hydrogen-bond acceptors (Lipinski definition) is 2. The molecule has 4 nitrogen and oxygen atoms in total. The van der Waals surface area contributed by atoms with E-state index in [4.69, 9.17) is 0 Å². The Balaban J connectivity index is 2.12. The zero-order valence-electron chi connectivity index (χ0n) is 12.4. The van der Waals surface area contributed by atoms with Crippen LogP contribution < -0.4 is 10.6 Å². The molecule has 2 N–H and O–H groups in total. The van der Waals surface area contributed by atoms with Crippen molar-refractivity contribution < 1.29 is 9.59 Å². The topological polar surface area (TPSA) is 58.2 Å². The highest BCUT2D eigenvalue weighted by Crippen LogP contribution is 2.14. The molecule has 0 aromatic heterocycles. The predicted molar refractivity (Wildman–Crippen MR) is 83.7 cm³/mol. The van der Waals surface area contributed by atoms with E-state index < -0.39 is 0 Å². The van der Waals surface area contributed by atoms with Gasteiger partial charge >= 0.3 is 0 Å². The molecule has 2 aromatic carbocycles. The minimum atomic E-state index is -0.161. The number of nitrogens with one attached hydrogen (secondary N) is 2. The molecule has 0 fully saturated rings. The van der Waals surface area contributed by atoms with Crippen molar-refractivity contribution in [1.29, 1.82) is 0 Å². The number of amides is 2. The van der Waals surface area contributed by atoms with Crippen molar-refractivity contribution in [3.63, 3.8) is 0 Å². The summed E-state index contributed by atoms with van der Waals surface area (Å²) >= 11 is 0. The van der Waals surface area contributed by atoms with Crippen molar-refractivity contribution in [2.45, 2.75) is 13.8 Å². The van der Waals surface area contributed by atoms with Gasteiger partial charge in [-0.3, -0.25) is 9.59 Å². The molecule has 0 atom stereocenters. The third-order valence-corrected chi connectivity index (χ3v) is 3.40. The highest BCUT2D eigenvalue weighted by atomic mass is 16.2. The van der Waals surface area contributed by atoms with Gasteiger partial charge in [0.05, 0.1) is 0 Å². The number of hydrogen-bond donors (Lipinski definition) is 2. The second-order valence-corrected chi connectivity index (χ2v) is 4.91. The summed E-state index contributed by atoms with van der Waals surface area (Å²) in [5.74, 6) is -0.312. The van der Waals surface area contributed by atoms with E-state index in [9.17, 15) is 9.59 Å². The van der Waals surface area contributed by atoms with Crippen LogP contribution in [0.5, 0.6) is 0 Å². The maximum absolute atomic E-state index is 12.2. The summed E-state index contributed by atoms with van der Waals surface area (Å²) in [6, 6.07) is 12.4. The first-order chi connectivity index (χ1) is 10.0. The van der Waals surface area contributed by atoms with Gasteiger partial charge < -0.3 is 10.6 Å². The fraction of sp³-hybridized carbons (Fsp3) is 0.176. The molecule has 0 bridgehead atoms. The van der Waals surface area contributed by atoms with Crippen LogP contribution in [0.1, 0.15) is 31.8 Å². The van der Waals surface area contributed by atoms with Crippen LogP contribution in [0.25, 0.3) is 0 Å². The van der Waals surface area contributed by atoms with Gasteiger partial charge in [-0.05, 0) is 61.4 Å². The average molecular weight is 282 g/mol. The Hall–Kier alpha value is -2.62. The lowest BCUT2D eigenvalue weighted by Gasteiger charge is -2.08. The Bertz CT molecular complexity index is 676. The highest BCUT2D eigenvalue weighted by Gasteiger charge is 2.08. The average Bonchev–Trinajstić information content (AvgIpc) is 2.50. The minimum absolute atomic E-state index is 0.151. The van der Waals surface area contributed by atoms with Crippen LogP contribution in [-0.2, 0) is 0 Å². The monoisotopic (exact) mass is 282 g/mol. The van der Waals surface area contributed by atoms with E-state index in [1.165, 1.54) is 0 Å². The lowest BCUT2D eigenvalue weighted by Crippen LogP contribution is -2.18. The Morgan fingerprint density at radius 2 is 1.43 bits per heavy atom. The van der Waals surface area contributed by atoms with Gasteiger partial charge in [0.25, 0.3) is 11.8 Å². The fourth-order valence-corrected chi connectivity index (χ4v) is 1.94. The van der Waals surface area contributed by atoms with Crippen LogP contribution in [0.3, 0.4) is 0 Å². The predicted octanol–water partition coefficient (Wildman–Crippen LogP) is 2.92. The minimum Gasteiger partial charge on any atom is -0.355 e. The van der Waals surface area contributed by atoms with Crippen molar-refractivity contribution in [2.75, 3.05) is 12.4 Å². The molecular formula is C17H18N2O2. The molecule has 0 unspecified atom stereocenters. The van der Waals surface area contributed by atoms with E-state index in [0.29, 0.717) is 16.8 Å². The molecular weight excluding hydrogens is 264 g/mol. The Kier molecular flexibility index (Phi) is 4.38. The SMILES string of the molecule is CNC(=O)c1ccc(NC(=O)c2ccc(C)c(C)c2)cc1. The molecule has 0 aliphatic heterocycles. The van der Waals surface area contributed by atoms with Crippen LogP contribution in [0.15, 0.2) is 42.5 Å². The van der Waals surface area contributed by atoms with Crippen LogP contribution in [-0.4, -0.2) is 18.9 Å². The zero-order chi connectivity index (χ0) is 15.4. The highest BCUT2D eigenvalue weighted by molar-refractivity contribution is 6.04. The lowest BCUT2D eigenvalue weighted by atomic mass is 10.1. The number of carbonyl (C=O) groups is 2. The number of carbonyl (C=O) groups excluding carboxylic acids is 2. The summed E-state index contributed by atoms with van der Waals surface area (Å²) in [7, 11) is 1.58. The van der Waals surface area contributed by atoms with Gasteiger partial charge in [-0.25, -0.2) is 0 Å². The summed E-state index contributed by atoms with van der Waals surface area (Å²) in [6.07, 6.45) is 0. The standard InChI is InChI=1S/C17H18N2O2/c1-11-4-5-14(10-12(11)2)17(21)19-15-8-6-13(7-9-15)16(20)18-3/h4-10H,1-3H3,(H,18,20)(H,19,21). The zero-order valence-corrected chi connectivity index (χ0v) is 12.4. The molecule has 108 valence electrons. The maximum atomic E-state index is 12.2. The van der Waals surface area contributed by atoms with Gasteiger partial charge in [-0.2, -0.15) is 0 Å². The van der Waals surface area contributed by atoms with Gasteiger partial charge in [-0.1, -0.05) is 6.07 Å². The normalized spacial score (nSPS) is 10.0. The van der Waals surface area contributed by atoms with Crippen LogP contribution in [0.2, 0.25) is 0 Å². The van der Waals surface area contributed by atoms with Crippen LogP contribution in [0.4, 0.5) is 5.69 Å². The number of benzene rings is 2. The summed E-state index contributed by atoms with van der Waals surface area (Å²) < 4.78 is 0. The molecule has 2 amide bonds. The van der Waals surface area contributed by atoms with Gasteiger partial charge in [-0.15, -0.1) is 0 Å². The van der Waals surface area contributed by atoms with E-state index in [-0.39, 0.29) is 11.8 Å². The van der Waals surface area contributed by atoms with Crippen molar-refractivity contribution in [3.05, 3.63) is 64.7 Å². The number of aryl methyl sites for hydroxylation is 2. The van der Waals surface area contributed by atoms with E-state index in [0.717, 1.165) is 11.1 Å². The molecule has 0 spiro atoms. The van der Waals surface area contributed by atoms with Crippen molar-refractivity contribution in [1.82, 2.24) is 5.32 Å². The Morgan fingerprint density at radius 1 is 0.810 bits per heavy atom. The summed E-state index contributed by atoms with van der Waals surface area (Å²) in [5, 5.41) is 5.37. The lowest BCUT2D eigenvalue weighted by molar-refractivity contribution is 0.0962. The third-order valence-electron chi connectivity index (χ3n) is 3.40. The summed E-state index contributed by atoms with van der Waals surface area (Å²) in [4.78, 5) is 23.6. The largest absolute Gasteiger partial charge is 0.355 e. The second kappa shape index (κ2) is 6.22. The molecule has 2 aromatic rings. The van der Waals surface area contributed by atoms with Gasteiger partial charge in [0.15, 0.2) is 0 Å². The quantitative estimate of drug-likeness (QED) is 0.909. The van der Waals surface area contributed by atoms with E-state index in [2.05, 4.69) is 10.6 Å². The van der Waals surface area contributed by atoms with Crippen LogP contribution in [0, 0.1) is 13.8 Å². The molecule has 0 saturated carbocycles. The summed E-state index contributed by atoms with van der Waals surface area (Å²) in [5.41, 5.74) is 4.07. The number of anilines is 1. The van der Waals surface area contributed by atoms with Gasteiger partial charge in [0, 0.05) is 23.9 Å².